The second kappa shape index (κ2) is 7.35. The minimum atomic E-state index is -1.05. The third kappa shape index (κ3) is 4.50. The first-order chi connectivity index (χ1) is 11.0. The van der Waals surface area contributed by atoms with Crippen LogP contribution < -0.4 is 10.1 Å². The molecule has 1 amide bonds. The van der Waals surface area contributed by atoms with Gasteiger partial charge in [0.1, 0.15) is 11.6 Å². The second-order valence-corrected chi connectivity index (χ2v) is 4.97. The molecule has 120 valence electrons. The summed E-state index contributed by atoms with van der Waals surface area (Å²) in [4.78, 5) is 30.9. The summed E-state index contributed by atoms with van der Waals surface area (Å²) in [5.74, 6) is -0.298. The molecule has 0 saturated heterocycles. The summed E-state index contributed by atoms with van der Waals surface area (Å²) in [5, 5.41) is 11.4. The summed E-state index contributed by atoms with van der Waals surface area (Å²) < 4.78 is 5.24. The maximum atomic E-state index is 12.2. The fourth-order valence-electron chi connectivity index (χ4n) is 2.13. The fourth-order valence-corrected chi connectivity index (χ4v) is 2.13. The Hall–Kier alpha value is -2.96. The molecule has 1 aromatic heterocycles. The van der Waals surface area contributed by atoms with Crippen molar-refractivity contribution in [1.82, 2.24) is 15.3 Å². The number of nitrogens with zero attached hydrogens (tertiary/aromatic N) is 2. The van der Waals surface area contributed by atoms with Crippen LogP contribution >= 0.6 is 0 Å². The first-order valence-corrected chi connectivity index (χ1v) is 6.97. The van der Waals surface area contributed by atoms with E-state index in [2.05, 4.69) is 15.3 Å². The molecule has 0 radical (unpaired) electrons. The Bertz CT molecular complexity index is 694. The average Bonchev–Trinajstić information content (AvgIpc) is 2.52. The summed E-state index contributed by atoms with van der Waals surface area (Å²) in [6.07, 6.45) is 3.22. The number of carboxylic acids is 1. The highest BCUT2D eigenvalue weighted by molar-refractivity contribution is 5.94. The number of benzene rings is 1. The van der Waals surface area contributed by atoms with Gasteiger partial charge in [-0.15, -0.1) is 0 Å². The first-order valence-electron chi connectivity index (χ1n) is 6.97. The molecule has 1 aromatic carbocycles. The number of aryl methyl sites for hydroxylation is 2. The van der Waals surface area contributed by atoms with Crippen molar-refractivity contribution in [2.75, 3.05) is 6.61 Å². The molecule has 0 aliphatic rings. The summed E-state index contributed by atoms with van der Waals surface area (Å²) in [6.45, 7) is 3.34. The van der Waals surface area contributed by atoms with E-state index >= 15 is 0 Å². The largest absolute Gasteiger partial charge is 0.481 e. The third-order valence-electron chi connectivity index (χ3n) is 3.09. The van der Waals surface area contributed by atoms with Crippen molar-refractivity contribution in [2.45, 2.75) is 20.4 Å². The molecule has 0 fully saturated rings. The van der Waals surface area contributed by atoms with E-state index in [-0.39, 0.29) is 12.5 Å². The van der Waals surface area contributed by atoms with Crippen molar-refractivity contribution in [3.8, 4) is 5.75 Å². The van der Waals surface area contributed by atoms with E-state index in [1.807, 2.05) is 0 Å². The summed E-state index contributed by atoms with van der Waals surface area (Å²) in [7, 11) is 0. The Morgan fingerprint density at radius 3 is 2.35 bits per heavy atom. The highest BCUT2D eigenvalue weighted by Gasteiger charge is 2.13. The molecular formula is C16H17N3O4. The SMILES string of the molecule is Cc1cc(C(=O)NCc2ncccn2)cc(C)c1OCC(=O)O. The van der Waals surface area contributed by atoms with Crippen molar-refractivity contribution >= 4 is 11.9 Å². The van der Waals surface area contributed by atoms with Gasteiger partial charge in [0, 0.05) is 18.0 Å². The molecular weight excluding hydrogens is 298 g/mol. The van der Waals surface area contributed by atoms with Gasteiger partial charge >= 0.3 is 5.97 Å². The van der Waals surface area contributed by atoms with Crippen LogP contribution in [0.15, 0.2) is 30.6 Å². The number of nitrogens with one attached hydrogen (secondary N) is 1. The minimum absolute atomic E-state index is 0.231. The molecule has 2 aromatic rings. The number of aromatic nitrogens is 2. The molecule has 7 heteroatoms. The number of aliphatic carboxylic acids is 1. The van der Waals surface area contributed by atoms with Gasteiger partial charge in [-0.3, -0.25) is 4.79 Å². The number of ether oxygens (including phenoxy) is 1. The van der Waals surface area contributed by atoms with E-state index in [9.17, 15) is 9.59 Å². The lowest BCUT2D eigenvalue weighted by molar-refractivity contribution is -0.139. The fraction of sp³-hybridized carbons (Fsp3) is 0.250. The zero-order valence-electron chi connectivity index (χ0n) is 12.9. The van der Waals surface area contributed by atoms with E-state index in [0.29, 0.717) is 28.3 Å². The van der Waals surface area contributed by atoms with Crippen LogP contribution in [0.25, 0.3) is 0 Å². The average molecular weight is 315 g/mol. The number of carboxylic acid groups (broad SMARTS) is 1. The molecule has 2 N–H and O–H groups in total. The summed E-state index contributed by atoms with van der Waals surface area (Å²) in [6, 6.07) is 5.02. The van der Waals surface area contributed by atoms with Gasteiger partial charge in [0.2, 0.25) is 0 Å². The molecule has 0 saturated carbocycles. The van der Waals surface area contributed by atoms with Crippen LogP contribution in [0.1, 0.15) is 27.3 Å². The van der Waals surface area contributed by atoms with Gasteiger partial charge in [-0.05, 0) is 43.2 Å². The van der Waals surface area contributed by atoms with Gasteiger partial charge in [0.05, 0.1) is 6.54 Å². The van der Waals surface area contributed by atoms with Crippen molar-refractivity contribution in [3.05, 3.63) is 53.1 Å². The summed E-state index contributed by atoms with van der Waals surface area (Å²) in [5.41, 5.74) is 1.87. The predicted molar refractivity (Wildman–Crippen MR) is 82.2 cm³/mol. The zero-order chi connectivity index (χ0) is 16.8. The molecule has 0 bridgehead atoms. The molecule has 0 spiro atoms. The Morgan fingerprint density at radius 1 is 1.17 bits per heavy atom. The Morgan fingerprint density at radius 2 is 1.78 bits per heavy atom. The molecule has 2 rings (SSSR count). The molecule has 1 heterocycles. The highest BCUT2D eigenvalue weighted by Crippen LogP contribution is 2.24. The molecule has 0 atom stereocenters. The number of amides is 1. The Labute approximate surface area is 133 Å². The molecule has 23 heavy (non-hydrogen) atoms. The van der Waals surface area contributed by atoms with Crippen LogP contribution in [-0.4, -0.2) is 33.6 Å². The zero-order valence-corrected chi connectivity index (χ0v) is 12.9. The van der Waals surface area contributed by atoms with Crippen LogP contribution in [0.2, 0.25) is 0 Å². The number of hydrogen-bond donors (Lipinski definition) is 2. The van der Waals surface area contributed by atoms with Gasteiger partial charge < -0.3 is 15.2 Å². The van der Waals surface area contributed by atoms with E-state index in [0.717, 1.165) is 0 Å². The van der Waals surface area contributed by atoms with Gasteiger partial charge in [-0.2, -0.15) is 0 Å². The monoisotopic (exact) mass is 315 g/mol. The van der Waals surface area contributed by atoms with Gasteiger partial charge in [-0.25, -0.2) is 14.8 Å². The van der Waals surface area contributed by atoms with Crippen LogP contribution in [0.3, 0.4) is 0 Å². The summed E-state index contributed by atoms with van der Waals surface area (Å²) >= 11 is 0. The first kappa shape index (κ1) is 16.4. The standard InChI is InChI=1S/C16H17N3O4/c1-10-6-12(7-11(2)15(10)23-9-14(20)21)16(22)19-8-13-17-4-3-5-18-13/h3-7H,8-9H2,1-2H3,(H,19,22)(H,20,21). The normalized spacial score (nSPS) is 10.2. The Balaban J connectivity index is 2.07. The van der Waals surface area contributed by atoms with Gasteiger partial charge in [0.25, 0.3) is 5.91 Å². The lowest BCUT2D eigenvalue weighted by Gasteiger charge is -2.13. The van der Waals surface area contributed by atoms with Gasteiger partial charge in [-0.1, -0.05) is 0 Å². The topological polar surface area (TPSA) is 101 Å². The van der Waals surface area contributed by atoms with Crippen molar-refractivity contribution in [2.24, 2.45) is 0 Å². The lowest BCUT2D eigenvalue weighted by atomic mass is 10.1. The number of carbonyl (C=O) groups excluding carboxylic acids is 1. The quantitative estimate of drug-likeness (QED) is 0.837. The van der Waals surface area contributed by atoms with E-state index in [1.54, 1.807) is 44.4 Å². The predicted octanol–water partition coefficient (Wildman–Crippen LogP) is 1.49. The molecule has 0 unspecified atom stereocenters. The van der Waals surface area contributed by atoms with Crippen molar-refractivity contribution < 1.29 is 19.4 Å². The van der Waals surface area contributed by atoms with Crippen LogP contribution in [0.4, 0.5) is 0 Å². The van der Waals surface area contributed by atoms with Crippen molar-refractivity contribution in [3.63, 3.8) is 0 Å². The van der Waals surface area contributed by atoms with Crippen molar-refractivity contribution in [1.29, 1.82) is 0 Å². The minimum Gasteiger partial charge on any atom is -0.481 e. The third-order valence-corrected chi connectivity index (χ3v) is 3.09. The molecule has 7 nitrogen and oxygen atoms in total. The van der Waals surface area contributed by atoms with Crippen LogP contribution in [0.5, 0.6) is 5.75 Å². The van der Waals surface area contributed by atoms with E-state index < -0.39 is 12.6 Å². The van der Waals surface area contributed by atoms with Gasteiger partial charge in [0.15, 0.2) is 6.61 Å². The lowest BCUT2D eigenvalue weighted by Crippen LogP contribution is -2.24. The number of rotatable bonds is 6. The highest BCUT2D eigenvalue weighted by atomic mass is 16.5. The van der Waals surface area contributed by atoms with Crippen LogP contribution in [0, 0.1) is 13.8 Å². The number of carbonyl (C=O) groups is 2. The maximum Gasteiger partial charge on any atom is 0.341 e. The molecule has 0 aliphatic heterocycles. The number of hydrogen-bond acceptors (Lipinski definition) is 5. The van der Waals surface area contributed by atoms with Crippen LogP contribution in [-0.2, 0) is 11.3 Å². The second-order valence-electron chi connectivity index (χ2n) is 4.97. The smallest absolute Gasteiger partial charge is 0.341 e. The molecule has 0 aliphatic carbocycles. The Kier molecular flexibility index (Phi) is 5.24. The van der Waals surface area contributed by atoms with E-state index in [1.165, 1.54) is 0 Å². The maximum absolute atomic E-state index is 12.2. The van der Waals surface area contributed by atoms with E-state index in [4.69, 9.17) is 9.84 Å².